The molecule has 0 spiro atoms. The van der Waals surface area contributed by atoms with Crippen molar-refractivity contribution in [3.63, 3.8) is 0 Å². The van der Waals surface area contributed by atoms with Crippen LogP contribution in [0.5, 0.6) is 0 Å². The lowest BCUT2D eigenvalue weighted by atomic mass is 9.87. The minimum atomic E-state index is -0.810. The highest BCUT2D eigenvalue weighted by Gasteiger charge is 2.43. The molecule has 8 nitrogen and oxygen atoms in total. The molecule has 2 aliphatic heterocycles. The monoisotopic (exact) mass is 388 g/mol. The number of allylic oxidation sites excluding steroid dienone is 1. The topological polar surface area (TPSA) is 140 Å². The van der Waals surface area contributed by atoms with Gasteiger partial charge in [0.2, 0.25) is 5.91 Å². The molecule has 1 aromatic rings. The Bertz CT molecular complexity index is 953. The number of hydrogen-bond donors (Lipinski definition) is 2. The first-order valence-electron chi connectivity index (χ1n) is 7.19. The number of thioether (sulfide) groups is 1. The fraction of sp³-hybridized carbons (Fsp3) is 0.125. The van der Waals surface area contributed by atoms with Gasteiger partial charge in [-0.3, -0.25) is 14.5 Å². The van der Waals surface area contributed by atoms with Crippen LogP contribution >= 0.6 is 23.1 Å². The van der Waals surface area contributed by atoms with Gasteiger partial charge in [-0.25, -0.2) is 4.79 Å². The van der Waals surface area contributed by atoms with Crippen LogP contribution < -0.4 is 11.5 Å². The summed E-state index contributed by atoms with van der Waals surface area (Å²) in [6.07, 6.45) is 1.05. The Labute approximate surface area is 156 Å². The summed E-state index contributed by atoms with van der Waals surface area (Å²) in [5, 5.41) is 11.5. The standard InChI is InChI=1S/C16H12N4O4S2/c1-24-16(23)9-5-10(21)20-13(18)7(6-17)11(8-3-2-4-25-8)12(14(19)22)15(20)26-9/h2-5,11H,18H2,1H3,(H2,19,22)/t11-/m0/s1. The van der Waals surface area contributed by atoms with Crippen molar-refractivity contribution in [2.24, 2.45) is 11.5 Å². The number of carbonyl (C=O) groups is 3. The zero-order chi connectivity index (χ0) is 19.0. The number of ether oxygens (including phenoxy) is 1. The molecule has 3 heterocycles. The molecule has 26 heavy (non-hydrogen) atoms. The van der Waals surface area contributed by atoms with Crippen LogP contribution in [0.4, 0.5) is 0 Å². The summed E-state index contributed by atoms with van der Waals surface area (Å²) < 4.78 is 4.65. The van der Waals surface area contributed by atoms with Crippen molar-refractivity contribution >= 4 is 40.9 Å². The molecule has 0 unspecified atom stereocenters. The van der Waals surface area contributed by atoms with Crippen molar-refractivity contribution in [2.75, 3.05) is 7.11 Å². The highest BCUT2D eigenvalue weighted by atomic mass is 32.2. The second-order valence-electron chi connectivity index (χ2n) is 5.22. The second-order valence-corrected chi connectivity index (χ2v) is 7.23. The third-order valence-electron chi connectivity index (χ3n) is 3.81. The predicted molar refractivity (Wildman–Crippen MR) is 94.6 cm³/mol. The van der Waals surface area contributed by atoms with E-state index in [-0.39, 0.29) is 26.9 Å². The Hall–Kier alpha value is -3.03. The molecule has 0 saturated carbocycles. The van der Waals surface area contributed by atoms with E-state index in [0.29, 0.717) is 4.88 Å². The van der Waals surface area contributed by atoms with E-state index < -0.39 is 23.7 Å². The van der Waals surface area contributed by atoms with Gasteiger partial charge in [-0.15, -0.1) is 11.3 Å². The Morgan fingerprint density at radius 3 is 2.69 bits per heavy atom. The number of fused-ring (bicyclic) bond motifs is 1. The number of thiophene rings is 1. The van der Waals surface area contributed by atoms with Gasteiger partial charge >= 0.3 is 5.97 Å². The van der Waals surface area contributed by atoms with E-state index in [1.54, 1.807) is 17.5 Å². The molecule has 2 amide bonds. The van der Waals surface area contributed by atoms with Gasteiger partial charge in [0.1, 0.15) is 10.7 Å². The van der Waals surface area contributed by atoms with Crippen molar-refractivity contribution < 1.29 is 19.1 Å². The maximum Gasteiger partial charge on any atom is 0.344 e. The average molecular weight is 388 g/mol. The van der Waals surface area contributed by atoms with Gasteiger partial charge in [0, 0.05) is 11.0 Å². The van der Waals surface area contributed by atoms with Crippen molar-refractivity contribution in [1.29, 1.82) is 5.26 Å². The van der Waals surface area contributed by atoms with Crippen LogP contribution in [0.15, 0.2) is 50.5 Å². The first-order valence-corrected chi connectivity index (χ1v) is 8.89. The van der Waals surface area contributed by atoms with Gasteiger partial charge in [0.05, 0.1) is 35.3 Å². The molecule has 3 rings (SSSR count). The molecule has 10 heteroatoms. The molecule has 1 atom stereocenters. The van der Waals surface area contributed by atoms with E-state index in [2.05, 4.69) is 4.74 Å². The molecule has 2 aliphatic rings. The van der Waals surface area contributed by atoms with E-state index in [4.69, 9.17) is 11.5 Å². The van der Waals surface area contributed by atoms with Gasteiger partial charge in [-0.05, 0) is 11.4 Å². The number of hydrogen-bond acceptors (Lipinski definition) is 8. The van der Waals surface area contributed by atoms with E-state index in [0.717, 1.165) is 22.7 Å². The molecule has 0 bridgehead atoms. The van der Waals surface area contributed by atoms with Gasteiger partial charge in [0.15, 0.2) is 0 Å². The van der Waals surface area contributed by atoms with Crippen LogP contribution in [-0.4, -0.2) is 29.8 Å². The molecular weight excluding hydrogens is 376 g/mol. The lowest BCUT2D eigenvalue weighted by Crippen LogP contribution is -2.42. The number of primary amides is 1. The van der Waals surface area contributed by atoms with Crippen molar-refractivity contribution in [1.82, 2.24) is 4.90 Å². The highest BCUT2D eigenvalue weighted by Crippen LogP contribution is 2.48. The summed E-state index contributed by atoms with van der Waals surface area (Å²) in [6.45, 7) is 0. The van der Waals surface area contributed by atoms with Gasteiger partial charge < -0.3 is 16.2 Å². The highest BCUT2D eigenvalue weighted by molar-refractivity contribution is 8.07. The third-order valence-corrected chi connectivity index (χ3v) is 5.85. The molecule has 0 aliphatic carbocycles. The Morgan fingerprint density at radius 1 is 1.42 bits per heavy atom. The summed E-state index contributed by atoms with van der Waals surface area (Å²) >= 11 is 2.18. The molecular formula is C16H12N4O4S2. The summed E-state index contributed by atoms with van der Waals surface area (Å²) in [7, 11) is 1.18. The zero-order valence-electron chi connectivity index (χ0n) is 13.4. The minimum Gasteiger partial charge on any atom is -0.465 e. The number of amides is 2. The van der Waals surface area contributed by atoms with Crippen LogP contribution in [0, 0.1) is 11.3 Å². The first-order chi connectivity index (χ1) is 12.4. The maximum absolute atomic E-state index is 12.5. The molecule has 0 saturated heterocycles. The Balaban J connectivity index is 2.28. The SMILES string of the molecule is COC(=O)C1=CC(=O)N2C(N)=C(C#N)[C@@H](c3cccs3)C(C(N)=O)=C2S1. The lowest BCUT2D eigenvalue weighted by Gasteiger charge is -2.36. The zero-order valence-corrected chi connectivity index (χ0v) is 15.0. The van der Waals surface area contributed by atoms with Crippen LogP contribution in [0.25, 0.3) is 0 Å². The minimum absolute atomic E-state index is 0.000590. The normalized spacial score (nSPS) is 19.7. The van der Waals surface area contributed by atoms with E-state index in [1.807, 2.05) is 6.07 Å². The van der Waals surface area contributed by atoms with Crippen LogP contribution in [0.1, 0.15) is 10.8 Å². The lowest BCUT2D eigenvalue weighted by molar-refractivity contribution is -0.135. The largest absolute Gasteiger partial charge is 0.465 e. The molecule has 0 fully saturated rings. The number of esters is 1. The van der Waals surface area contributed by atoms with E-state index in [9.17, 15) is 19.6 Å². The van der Waals surface area contributed by atoms with Crippen LogP contribution in [0.3, 0.4) is 0 Å². The number of rotatable bonds is 3. The maximum atomic E-state index is 12.5. The quantitative estimate of drug-likeness (QED) is 0.732. The third kappa shape index (κ3) is 2.67. The smallest absolute Gasteiger partial charge is 0.344 e. The fourth-order valence-corrected chi connectivity index (χ4v) is 4.69. The van der Waals surface area contributed by atoms with Gasteiger partial charge in [-0.1, -0.05) is 17.8 Å². The summed E-state index contributed by atoms with van der Waals surface area (Å²) in [5.74, 6) is -3.09. The second kappa shape index (κ2) is 6.70. The van der Waals surface area contributed by atoms with Crippen molar-refractivity contribution in [2.45, 2.75) is 5.92 Å². The summed E-state index contributed by atoms with van der Waals surface area (Å²) in [4.78, 5) is 38.3. The van der Waals surface area contributed by atoms with E-state index >= 15 is 0 Å². The van der Waals surface area contributed by atoms with Crippen molar-refractivity contribution in [3.05, 3.63) is 55.4 Å². The predicted octanol–water partition coefficient (Wildman–Crippen LogP) is 0.868. The Morgan fingerprint density at radius 2 is 2.15 bits per heavy atom. The first kappa shape index (κ1) is 17.8. The molecule has 1 aromatic heterocycles. The van der Waals surface area contributed by atoms with Gasteiger partial charge in [-0.2, -0.15) is 5.26 Å². The Kier molecular flexibility index (Phi) is 4.58. The van der Waals surface area contributed by atoms with E-state index in [1.165, 1.54) is 18.4 Å². The molecule has 0 radical (unpaired) electrons. The van der Waals surface area contributed by atoms with Gasteiger partial charge in [0.25, 0.3) is 5.91 Å². The molecule has 132 valence electrons. The number of carbonyl (C=O) groups excluding carboxylic acids is 3. The number of nitriles is 1. The number of nitrogens with zero attached hydrogens (tertiary/aromatic N) is 2. The van der Waals surface area contributed by atoms with Crippen molar-refractivity contribution in [3.8, 4) is 6.07 Å². The summed E-state index contributed by atoms with van der Waals surface area (Å²) in [5.41, 5.74) is 11.7. The number of nitrogens with two attached hydrogens (primary N) is 2. The molecule has 0 aromatic carbocycles. The van der Waals surface area contributed by atoms with Crippen LogP contribution in [0.2, 0.25) is 0 Å². The van der Waals surface area contributed by atoms with Crippen LogP contribution in [-0.2, 0) is 19.1 Å². The number of methoxy groups -OCH3 is 1. The molecule has 4 N–H and O–H groups in total. The average Bonchev–Trinajstić information content (AvgIpc) is 3.14. The fourth-order valence-electron chi connectivity index (χ4n) is 2.71. The summed E-state index contributed by atoms with van der Waals surface area (Å²) in [6, 6.07) is 5.48.